The van der Waals surface area contributed by atoms with E-state index in [0.29, 0.717) is 0 Å². The molecule has 1 heterocycles. The van der Waals surface area contributed by atoms with Crippen LogP contribution in [0.3, 0.4) is 0 Å². The van der Waals surface area contributed by atoms with Crippen LogP contribution in [0.1, 0.15) is 41.5 Å². The van der Waals surface area contributed by atoms with E-state index in [9.17, 15) is 14.7 Å². The first-order valence-electron chi connectivity index (χ1n) is 6.75. The van der Waals surface area contributed by atoms with Crippen LogP contribution in [0, 0.1) is 17.3 Å². The molecule has 0 aliphatic carbocycles. The molecule has 0 saturated carbocycles. The molecule has 5 nitrogen and oxygen atoms in total. The Hall–Kier alpha value is -1.10. The number of carbonyl (C=O) groups is 2. The number of imide groups is 1. The molecule has 0 spiro atoms. The Morgan fingerprint density at radius 3 is 2.32 bits per heavy atom. The van der Waals surface area contributed by atoms with Crippen molar-refractivity contribution in [3.63, 3.8) is 0 Å². The minimum Gasteiger partial charge on any atom is -0.447 e. The molecule has 0 radical (unpaired) electrons. The van der Waals surface area contributed by atoms with Gasteiger partial charge in [-0.3, -0.25) is 4.79 Å². The number of hydrogen-bond acceptors (Lipinski definition) is 4. The molecule has 1 rings (SSSR count). The smallest absolute Gasteiger partial charge is 0.416 e. The molecule has 1 N–H and O–H groups in total. The molecule has 1 aliphatic heterocycles. The summed E-state index contributed by atoms with van der Waals surface area (Å²) in [5, 5.41) is 10.2. The highest BCUT2D eigenvalue weighted by atomic mass is 16.6. The molecule has 2 amide bonds. The minimum absolute atomic E-state index is 0.134. The van der Waals surface area contributed by atoms with Crippen LogP contribution >= 0.6 is 0 Å². The van der Waals surface area contributed by atoms with Crippen LogP contribution in [0.2, 0.25) is 0 Å². The molecular weight excluding hydrogens is 246 g/mol. The maximum absolute atomic E-state index is 12.4. The predicted molar refractivity (Wildman–Crippen MR) is 71.4 cm³/mol. The Balaban J connectivity index is 2.89. The second kappa shape index (κ2) is 5.49. The van der Waals surface area contributed by atoms with Gasteiger partial charge in [0, 0.05) is 0 Å². The lowest BCUT2D eigenvalue weighted by Gasteiger charge is -2.33. The highest BCUT2D eigenvalue weighted by Gasteiger charge is 2.44. The summed E-state index contributed by atoms with van der Waals surface area (Å²) < 4.78 is 4.96. The SMILES string of the molecule is CC(C)[C@H]1COC(=O)N1C(=O)[C@H](C)[C@@H](O)C(C)(C)C. The number of hydrogen-bond donors (Lipinski definition) is 1. The lowest BCUT2D eigenvalue weighted by molar-refractivity contribution is -0.139. The number of nitrogens with zero attached hydrogens (tertiary/aromatic N) is 1. The number of aliphatic hydroxyl groups excluding tert-OH is 1. The third-order valence-corrected chi connectivity index (χ3v) is 3.66. The monoisotopic (exact) mass is 271 g/mol. The molecule has 0 aromatic heterocycles. The number of cyclic esters (lactones) is 1. The Labute approximate surface area is 114 Å². The molecule has 110 valence electrons. The van der Waals surface area contributed by atoms with E-state index < -0.39 is 23.5 Å². The molecule has 0 aromatic rings. The minimum atomic E-state index is -0.804. The summed E-state index contributed by atoms with van der Waals surface area (Å²) in [7, 11) is 0. The summed E-state index contributed by atoms with van der Waals surface area (Å²) in [5.74, 6) is -0.857. The van der Waals surface area contributed by atoms with Crippen LogP contribution in [-0.4, -0.2) is 40.8 Å². The second-order valence-electron chi connectivity index (χ2n) is 6.70. The van der Waals surface area contributed by atoms with Crippen molar-refractivity contribution in [2.75, 3.05) is 6.61 Å². The standard InChI is InChI=1S/C14H25NO4/c1-8(2)10-7-19-13(18)15(10)12(17)9(3)11(16)14(4,5)6/h8-11,16H,7H2,1-6H3/t9-,10-,11-/m1/s1. The van der Waals surface area contributed by atoms with Gasteiger partial charge in [0.25, 0.3) is 0 Å². The fraction of sp³-hybridized carbons (Fsp3) is 0.857. The Morgan fingerprint density at radius 2 is 1.89 bits per heavy atom. The molecule has 0 aromatic carbocycles. The molecule has 1 fully saturated rings. The van der Waals surface area contributed by atoms with Crippen molar-refractivity contribution in [2.45, 2.75) is 53.7 Å². The molecule has 0 unspecified atom stereocenters. The molecular formula is C14H25NO4. The van der Waals surface area contributed by atoms with Gasteiger partial charge in [-0.2, -0.15) is 0 Å². The van der Waals surface area contributed by atoms with Gasteiger partial charge in [-0.05, 0) is 11.3 Å². The first kappa shape index (κ1) is 16.0. The summed E-state index contributed by atoms with van der Waals surface area (Å²) in [6.45, 7) is 11.4. The number of rotatable bonds is 3. The van der Waals surface area contributed by atoms with E-state index in [0.717, 1.165) is 0 Å². The first-order valence-corrected chi connectivity index (χ1v) is 6.75. The normalized spacial score (nSPS) is 23.5. The van der Waals surface area contributed by atoms with Gasteiger partial charge in [0.15, 0.2) is 0 Å². The van der Waals surface area contributed by atoms with E-state index in [1.165, 1.54) is 4.90 Å². The predicted octanol–water partition coefficient (Wildman–Crippen LogP) is 2.03. The molecule has 19 heavy (non-hydrogen) atoms. The molecule has 5 heteroatoms. The van der Waals surface area contributed by atoms with E-state index in [1.807, 2.05) is 34.6 Å². The Morgan fingerprint density at radius 1 is 1.37 bits per heavy atom. The summed E-state index contributed by atoms with van der Waals surface area (Å²) in [5.41, 5.74) is -0.411. The van der Waals surface area contributed by atoms with Crippen molar-refractivity contribution in [3.8, 4) is 0 Å². The van der Waals surface area contributed by atoms with E-state index in [4.69, 9.17) is 4.74 Å². The van der Waals surface area contributed by atoms with Crippen molar-refractivity contribution >= 4 is 12.0 Å². The number of carbonyl (C=O) groups excluding carboxylic acids is 2. The third-order valence-electron chi connectivity index (χ3n) is 3.66. The maximum atomic E-state index is 12.4. The van der Waals surface area contributed by atoms with Gasteiger partial charge in [0.2, 0.25) is 5.91 Å². The van der Waals surface area contributed by atoms with Gasteiger partial charge in [0.05, 0.1) is 18.1 Å². The van der Waals surface area contributed by atoms with Crippen LogP contribution in [0.5, 0.6) is 0 Å². The van der Waals surface area contributed by atoms with Crippen molar-refractivity contribution in [1.29, 1.82) is 0 Å². The van der Waals surface area contributed by atoms with Crippen LogP contribution in [0.25, 0.3) is 0 Å². The average molecular weight is 271 g/mol. The first-order chi connectivity index (χ1) is 8.57. The molecule has 1 saturated heterocycles. The zero-order valence-electron chi connectivity index (χ0n) is 12.6. The summed E-state index contributed by atoms with van der Waals surface area (Å²) in [6, 6.07) is -0.241. The Kier molecular flexibility index (Phi) is 4.61. The number of ether oxygens (including phenoxy) is 1. The number of aliphatic hydroxyl groups is 1. The van der Waals surface area contributed by atoms with Crippen molar-refractivity contribution in [1.82, 2.24) is 4.90 Å². The van der Waals surface area contributed by atoms with E-state index in [2.05, 4.69) is 0 Å². The fourth-order valence-electron chi connectivity index (χ4n) is 2.28. The van der Waals surface area contributed by atoms with Gasteiger partial charge in [-0.15, -0.1) is 0 Å². The second-order valence-corrected chi connectivity index (χ2v) is 6.70. The summed E-state index contributed by atoms with van der Waals surface area (Å²) >= 11 is 0. The highest BCUT2D eigenvalue weighted by molar-refractivity contribution is 5.95. The number of amides is 2. The Bertz CT molecular complexity index is 359. The van der Waals surface area contributed by atoms with Gasteiger partial charge in [-0.1, -0.05) is 41.5 Å². The zero-order chi connectivity index (χ0) is 15.0. The van der Waals surface area contributed by atoms with Crippen molar-refractivity contribution in [2.24, 2.45) is 17.3 Å². The maximum Gasteiger partial charge on any atom is 0.416 e. The zero-order valence-corrected chi connectivity index (χ0v) is 12.6. The van der Waals surface area contributed by atoms with Crippen molar-refractivity contribution < 1.29 is 19.4 Å². The summed E-state index contributed by atoms with van der Waals surface area (Å²) in [6.07, 6.45) is -1.40. The average Bonchev–Trinajstić information content (AvgIpc) is 2.67. The fourth-order valence-corrected chi connectivity index (χ4v) is 2.28. The topological polar surface area (TPSA) is 66.8 Å². The lowest BCUT2D eigenvalue weighted by Crippen LogP contribution is -2.49. The molecule has 0 bridgehead atoms. The van der Waals surface area contributed by atoms with Crippen LogP contribution in [0.15, 0.2) is 0 Å². The van der Waals surface area contributed by atoms with E-state index >= 15 is 0 Å². The van der Waals surface area contributed by atoms with Gasteiger partial charge in [0.1, 0.15) is 6.61 Å². The highest BCUT2D eigenvalue weighted by Crippen LogP contribution is 2.29. The van der Waals surface area contributed by atoms with Crippen LogP contribution < -0.4 is 0 Å². The van der Waals surface area contributed by atoms with Gasteiger partial charge in [-0.25, -0.2) is 9.69 Å². The summed E-state index contributed by atoms with van der Waals surface area (Å²) in [4.78, 5) is 25.3. The van der Waals surface area contributed by atoms with E-state index in [1.54, 1.807) is 6.92 Å². The largest absolute Gasteiger partial charge is 0.447 e. The quantitative estimate of drug-likeness (QED) is 0.853. The molecule has 1 aliphatic rings. The van der Waals surface area contributed by atoms with Crippen LogP contribution in [0.4, 0.5) is 4.79 Å². The lowest BCUT2D eigenvalue weighted by atomic mass is 9.81. The third kappa shape index (κ3) is 3.26. The van der Waals surface area contributed by atoms with Crippen LogP contribution in [-0.2, 0) is 9.53 Å². The molecule has 3 atom stereocenters. The van der Waals surface area contributed by atoms with E-state index in [-0.39, 0.29) is 24.5 Å². The van der Waals surface area contributed by atoms with Gasteiger partial charge >= 0.3 is 6.09 Å². The van der Waals surface area contributed by atoms with Crippen molar-refractivity contribution in [3.05, 3.63) is 0 Å². The van der Waals surface area contributed by atoms with Gasteiger partial charge < -0.3 is 9.84 Å².